The molecule has 0 fully saturated rings. The number of carboxylic acids is 1. The molecule has 3 N–H and O–H groups in total. The zero-order valence-electron chi connectivity index (χ0n) is 8.80. The average Bonchev–Trinajstić information content (AvgIpc) is 2.24. The Morgan fingerprint density at radius 3 is 2.56 bits per heavy atom. The molecular formula is C9H9ClFNO5S. The van der Waals surface area contributed by atoms with E-state index in [9.17, 15) is 17.6 Å². The van der Waals surface area contributed by atoms with Crippen LogP contribution in [0.2, 0.25) is 5.02 Å². The van der Waals surface area contributed by atoms with Crippen LogP contribution < -0.4 is 4.72 Å². The second-order valence-corrected chi connectivity index (χ2v) is 5.39. The Balaban J connectivity index is 3.10. The highest BCUT2D eigenvalue weighted by Gasteiger charge is 2.26. The SMILES string of the molecule is O=C(O)[C@@H](CO)NS(=O)(=O)c1ccc(Cl)cc1F. The Hall–Kier alpha value is -1.22. The van der Waals surface area contributed by atoms with E-state index >= 15 is 0 Å². The van der Waals surface area contributed by atoms with Crippen LogP contribution in [0.1, 0.15) is 0 Å². The third-order valence-electron chi connectivity index (χ3n) is 1.96. The summed E-state index contributed by atoms with van der Waals surface area (Å²) >= 11 is 5.46. The number of carboxylic acid groups (broad SMARTS) is 1. The van der Waals surface area contributed by atoms with Crippen LogP contribution >= 0.6 is 11.6 Å². The molecule has 0 aromatic heterocycles. The number of aliphatic carboxylic acids is 1. The zero-order chi connectivity index (χ0) is 13.9. The third kappa shape index (κ3) is 3.39. The normalized spacial score (nSPS) is 13.3. The largest absolute Gasteiger partial charge is 0.480 e. The van der Waals surface area contributed by atoms with E-state index in [1.54, 1.807) is 4.72 Å². The lowest BCUT2D eigenvalue weighted by Gasteiger charge is -2.12. The molecule has 100 valence electrons. The summed E-state index contributed by atoms with van der Waals surface area (Å²) in [6.07, 6.45) is 0. The van der Waals surface area contributed by atoms with Crippen molar-refractivity contribution in [3.05, 3.63) is 29.0 Å². The summed E-state index contributed by atoms with van der Waals surface area (Å²) in [5.41, 5.74) is 0. The van der Waals surface area contributed by atoms with E-state index in [-0.39, 0.29) is 5.02 Å². The van der Waals surface area contributed by atoms with Crippen LogP contribution in [0.25, 0.3) is 0 Å². The standard InChI is InChI=1S/C9H9ClFNO5S/c10-5-1-2-8(6(11)3-5)18(16,17)12-7(4-13)9(14)15/h1-3,7,12-13H,4H2,(H,14,15)/t7-/m1/s1. The third-order valence-corrected chi connectivity index (χ3v) is 3.70. The number of halogens is 2. The summed E-state index contributed by atoms with van der Waals surface area (Å²) in [6, 6.07) is 1.08. The maximum atomic E-state index is 13.4. The van der Waals surface area contributed by atoms with E-state index in [2.05, 4.69) is 0 Å². The summed E-state index contributed by atoms with van der Waals surface area (Å²) < 4.78 is 38.4. The van der Waals surface area contributed by atoms with E-state index in [1.165, 1.54) is 0 Å². The maximum Gasteiger partial charge on any atom is 0.324 e. The quantitative estimate of drug-likeness (QED) is 0.720. The van der Waals surface area contributed by atoms with Crippen molar-refractivity contribution in [1.29, 1.82) is 0 Å². The molecule has 0 amide bonds. The minimum atomic E-state index is -4.39. The van der Waals surface area contributed by atoms with Crippen molar-refractivity contribution in [1.82, 2.24) is 4.72 Å². The number of nitrogens with one attached hydrogen (secondary N) is 1. The van der Waals surface area contributed by atoms with Crippen LogP contribution in [0.3, 0.4) is 0 Å². The van der Waals surface area contributed by atoms with Gasteiger partial charge >= 0.3 is 5.97 Å². The van der Waals surface area contributed by atoms with Crippen LogP contribution in [-0.2, 0) is 14.8 Å². The Bertz CT molecular complexity index is 562. The Kier molecular flexibility index (Phi) is 4.63. The van der Waals surface area contributed by atoms with Gasteiger partial charge in [-0.3, -0.25) is 4.79 Å². The summed E-state index contributed by atoms with van der Waals surface area (Å²) in [6.45, 7) is -0.955. The van der Waals surface area contributed by atoms with Crippen molar-refractivity contribution in [2.75, 3.05) is 6.61 Å². The molecule has 9 heteroatoms. The zero-order valence-corrected chi connectivity index (χ0v) is 10.4. The van der Waals surface area contributed by atoms with E-state index in [4.69, 9.17) is 21.8 Å². The van der Waals surface area contributed by atoms with Gasteiger partial charge in [-0.1, -0.05) is 11.6 Å². The van der Waals surface area contributed by atoms with Crippen molar-refractivity contribution in [2.45, 2.75) is 10.9 Å². The van der Waals surface area contributed by atoms with Crippen LogP contribution in [0.15, 0.2) is 23.1 Å². The molecule has 6 nitrogen and oxygen atoms in total. The first-order chi connectivity index (χ1) is 8.27. The van der Waals surface area contributed by atoms with Gasteiger partial charge in [0.05, 0.1) is 6.61 Å². The molecule has 0 bridgehead atoms. The van der Waals surface area contributed by atoms with Crippen molar-refractivity contribution < 1.29 is 27.8 Å². The second kappa shape index (κ2) is 5.61. The average molecular weight is 298 g/mol. The smallest absolute Gasteiger partial charge is 0.324 e. The second-order valence-electron chi connectivity index (χ2n) is 3.27. The Labute approximate surface area is 107 Å². The Morgan fingerprint density at radius 1 is 1.50 bits per heavy atom. The van der Waals surface area contributed by atoms with Gasteiger partial charge < -0.3 is 10.2 Å². The predicted molar refractivity (Wildman–Crippen MR) is 60.2 cm³/mol. The molecule has 0 spiro atoms. The molecule has 0 heterocycles. The molecule has 0 aliphatic carbocycles. The molecule has 1 rings (SSSR count). The van der Waals surface area contributed by atoms with E-state index in [0.717, 1.165) is 18.2 Å². The van der Waals surface area contributed by atoms with Gasteiger partial charge in [0.25, 0.3) is 0 Å². The highest BCUT2D eigenvalue weighted by molar-refractivity contribution is 7.89. The van der Waals surface area contributed by atoms with Gasteiger partial charge in [0, 0.05) is 5.02 Å². The van der Waals surface area contributed by atoms with Gasteiger partial charge in [-0.25, -0.2) is 12.8 Å². The van der Waals surface area contributed by atoms with Gasteiger partial charge in [-0.2, -0.15) is 4.72 Å². The number of aliphatic hydroxyl groups is 1. The molecule has 0 saturated carbocycles. The summed E-state index contributed by atoms with van der Waals surface area (Å²) in [5, 5.41) is 17.3. The highest BCUT2D eigenvalue weighted by Crippen LogP contribution is 2.19. The molecular weight excluding hydrogens is 289 g/mol. The fraction of sp³-hybridized carbons (Fsp3) is 0.222. The molecule has 0 saturated heterocycles. The van der Waals surface area contributed by atoms with E-state index < -0.39 is 39.4 Å². The molecule has 1 aromatic rings. The minimum Gasteiger partial charge on any atom is -0.480 e. The molecule has 0 radical (unpaired) electrons. The summed E-state index contributed by atoms with van der Waals surface area (Å²) in [5.74, 6) is -2.69. The fourth-order valence-electron chi connectivity index (χ4n) is 1.11. The molecule has 0 unspecified atom stereocenters. The Morgan fingerprint density at radius 2 is 2.11 bits per heavy atom. The number of carbonyl (C=O) groups is 1. The first-order valence-electron chi connectivity index (χ1n) is 4.59. The van der Waals surface area contributed by atoms with Gasteiger partial charge in [0.2, 0.25) is 10.0 Å². The first kappa shape index (κ1) is 14.8. The monoisotopic (exact) mass is 297 g/mol. The van der Waals surface area contributed by atoms with Gasteiger partial charge in [-0.05, 0) is 18.2 Å². The number of sulfonamides is 1. The lowest BCUT2D eigenvalue weighted by atomic mass is 10.3. The highest BCUT2D eigenvalue weighted by atomic mass is 35.5. The van der Waals surface area contributed by atoms with Crippen molar-refractivity contribution in [3.63, 3.8) is 0 Å². The minimum absolute atomic E-state index is 0.00314. The first-order valence-corrected chi connectivity index (χ1v) is 6.45. The summed E-state index contributed by atoms with van der Waals surface area (Å²) in [4.78, 5) is 9.83. The number of hydrogen-bond acceptors (Lipinski definition) is 4. The number of hydrogen-bond donors (Lipinski definition) is 3. The molecule has 1 aromatic carbocycles. The molecule has 0 aliphatic rings. The molecule has 0 aliphatic heterocycles. The van der Waals surface area contributed by atoms with Gasteiger partial charge in [-0.15, -0.1) is 0 Å². The van der Waals surface area contributed by atoms with Gasteiger partial charge in [0.1, 0.15) is 16.8 Å². The number of aliphatic hydroxyl groups excluding tert-OH is 1. The number of benzene rings is 1. The van der Waals surface area contributed by atoms with Crippen LogP contribution in [0, 0.1) is 5.82 Å². The predicted octanol–water partition coefficient (Wildman–Crippen LogP) is 0.203. The molecule has 1 atom stereocenters. The maximum absolute atomic E-state index is 13.4. The van der Waals surface area contributed by atoms with E-state index in [0.29, 0.717) is 0 Å². The lowest BCUT2D eigenvalue weighted by molar-refractivity contribution is -0.139. The van der Waals surface area contributed by atoms with Crippen LogP contribution in [0.4, 0.5) is 4.39 Å². The summed E-state index contributed by atoms with van der Waals surface area (Å²) in [7, 11) is -4.39. The topological polar surface area (TPSA) is 104 Å². The fourth-order valence-corrected chi connectivity index (χ4v) is 2.51. The van der Waals surface area contributed by atoms with Crippen molar-refractivity contribution in [3.8, 4) is 0 Å². The van der Waals surface area contributed by atoms with Crippen molar-refractivity contribution in [2.24, 2.45) is 0 Å². The van der Waals surface area contributed by atoms with Crippen LogP contribution in [-0.4, -0.2) is 37.2 Å². The number of rotatable bonds is 5. The lowest BCUT2D eigenvalue weighted by Crippen LogP contribution is -2.43. The van der Waals surface area contributed by atoms with E-state index in [1.807, 2.05) is 0 Å². The van der Waals surface area contributed by atoms with Crippen molar-refractivity contribution >= 4 is 27.6 Å². The van der Waals surface area contributed by atoms with Gasteiger partial charge in [0.15, 0.2) is 0 Å². The molecule has 18 heavy (non-hydrogen) atoms. The van der Waals surface area contributed by atoms with Crippen LogP contribution in [0.5, 0.6) is 0 Å².